The van der Waals surface area contributed by atoms with Crippen molar-refractivity contribution in [2.45, 2.75) is 38.6 Å². The molecule has 1 saturated heterocycles. The second-order valence-electron chi connectivity index (χ2n) is 5.32. The van der Waals surface area contributed by atoms with Gasteiger partial charge in [0.05, 0.1) is 5.75 Å². The summed E-state index contributed by atoms with van der Waals surface area (Å²) in [5.41, 5.74) is 1.46. The van der Waals surface area contributed by atoms with Crippen molar-refractivity contribution >= 4 is 27.3 Å². The number of sulfonamides is 1. The van der Waals surface area contributed by atoms with Crippen LogP contribution in [0.4, 0.5) is 5.69 Å². The lowest BCUT2D eigenvalue weighted by atomic mass is 10.0. The Morgan fingerprint density at radius 1 is 1.40 bits per heavy atom. The van der Waals surface area contributed by atoms with E-state index in [1.54, 1.807) is 12.1 Å². The fourth-order valence-corrected chi connectivity index (χ4v) is 3.72. The van der Waals surface area contributed by atoms with Crippen LogP contribution >= 0.6 is 11.6 Å². The third-order valence-electron chi connectivity index (χ3n) is 3.59. The number of rotatable bonds is 5. The highest BCUT2D eigenvalue weighted by molar-refractivity contribution is 7.92. The molecule has 2 rings (SSSR count). The fraction of sp³-hybridized carbons (Fsp3) is 0.571. The highest BCUT2D eigenvalue weighted by Gasteiger charge is 2.17. The van der Waals surface area contributed by atoms with E-state index in [4.69, 9.17) is 11.6 Å². The average molecular weight is 317 g/mol. The van der Waals surface area contributed by atoms with Crippen LogP contribution in [0.2, 0.25) is 5.02 Å². The zero-order chi connectivity index (χ0) is 14.6. The third-order valence-corrected chi connectivity index (χ3v) is 5.32. The minimum Gasteiger partial charge on any atom is -0.314 e. The summed E-state index contributed by atoms with van der Waals surface area (Å²) in [6.45, 7) is 2.88. The Labute approximate surface area is 126 Å². The molecule has 20 heavy (non-hydrogen) atoms. The van der Waals surface area contributed by atoms with Crippen molar-refractivity contribution in [3.63, 3.8) is 0 Å². The molecule has 0 amide bonds. The highest BCUT2D eigenvalue weighted by atomic mass is 35.5. The van der Waals surface area contributed by atoms with E-state index in [1.165, 1.54) is 12.8 Å². The predicted molar refractivity (Wildman–Crippen MR) is 83.9 cm³/mol. The number of piperidine rings is 1. The Morgan fingerprint density at radius 2 is 2.20 bits per heavy atom. The Hall–Kier alpha value is -0.780. The average Bonchev–Trinajstić information content (AvgIpc) is 2.42. The molecule has 0 saturated carbocycles. The Morgan fingerprint density at radius 3 is 2.85 bits per heavy atom. The maximum Gasteiger partial charge on any atom is 0.232 e. The molecular weight excluding hydrogens is 296 g/mol. The van der Waals surface area contributed by atoms with Gasteiger partial charge in [-0.2, -0.15) is 0 Å². The smallest absolute Gasteiger partial charge is 0.232 e. The first-order valence-corrected chi connectivity index (χ1v) is 8.99. The number of anilines is 1. The van der Waals surface area contributed by atoms with E-state index in [-0.39, 0.29) is 5.75 Å². The van der Waals surface area contributed by atoms with Gasteiger partial charge < -0.3 is 5.32 Å². The fourth-order valence-electron chi connectivity index (χ4n) is 2.35. The molecule has 4 nitrogen and oxygen atoms in total. The summed E-state index contributed by atoms with van der Waals surface area (Å²) in [6.07, 6.45) is 4.07. The molecule has 1 aliphatic heterocycles. The molecule has 1 unspecified atom stereocenters. The maximum absolute atomic E-state index is 12.1. The molecule has 0 radical (unpaired) electrons. The van der Waals surface area contributed by atoms with Crippen LogP contribution < -0.4 is 10.0 Å². The molecule has 1 aromatic rings. The van der Waals surface area contributed by atoms with E-state index in [1.807, 2.05) is 13.0 Å². The lowest BCUT2D eigenvalue weighted by molar-refractivity contribution is 0.393. The molecule has 1 aliphatic rings. The lowest BCUT2D eigenvalue weighted by Gasteiger charge is -2.23. The first-order chi connectivity index (χ1) is 9.46. The van der Waals surface area contributed by atoms with E-state index < -0.39 is 10.0 Å². The van der Waals surface area contributed by atoms with Crippen LogP contribution in [-0.2, 0) is 10.0 Å². The van der Waals surface area contributed by atoms with Gasteiger partial charge in [0.1, 0.15) is 0 Å². The number of aryl methyl sites for hydroxylation is 1. The number of benzene rings is 1. The van der Waals surface area contributed by atoms with Crippen molar-refractivity contribution in [3.8, 4) is 0 Å². The molecule has 6 heteroatoms. The second-order valence-corrected chi connectivity index (χ2v) is 7.57. The monoisotopic (exact) mass is 316 g/mol. The summed E-state index contributed by atoms with van der Waals surface area (Å²) in [7, 11) is -3.31. The van der Waals surface area contributed by atoms with Crippen LogP contribution in [-0.4, -0.2) is 26.8 Å². The minimum atomic E-state index is -3.31. The molecule has 0 spiro atoms. The van der Waals surface area contributed by atoms with Gasteiger partial charge in [-0.15, -0.1) is 0 Å². The van der Waals surface area contributed by atoms with E-state index in [9.17, 15) is 8.42 Å². The molecule has 1 fully saturated rings. The maximum atomic E-state index is 12.1. The predicted octanol–water partition coefficient (Wildman–Crippen LogP) is 2.92. The first-order valence-electron chi connectivity index (χ1n) is 6.96. The van der Waals surface area contributed by atoms with Gasteiger partial charge in [-0.25, -0.2) is 8.42 Å². The van der Waals surface area contributed by atoms with Crippen molar-refractivity contribution in [3.05, 3.63) is 28.8 Å². The summed E-state index contributed by atoms with van der Waals surface area (Å²) in [5.74, 6) is 0.135. The van der Waals surface area contributed by atoms with E-state index in [2.05, 4.69) is 10.0 Å². The van der Waals surface area contributed by atoms with Gasteiger partial charge in [0.25, 0.3) is 0 Å². The Balaban J connectivity index is 1.91. The van der Waals surface area contributed by atoms with Gasteiger partial charge in [-0.1, -0.05) is 24.1 Å². The highest BCUT2D eigenvalue weighted by Crippen LogP contribution is 2.21. The van der Waals surface area contributed by atoms with E-state index in [0.717, 1.165) is 18.5 Å². The number of hydrogen-bond acceptors (Lipinski definition) is 3. The molecule has 0 aromatic heterocycles. The van der Waals surface area contributed by atoms with Crippen LogP contribution in [0.1, 0.15) is 31.2 Å². The molecule has 112 valence electrons. The summed E-state index contributed by atoms with van der Waals surface area (Å²) < 4.78 is 26.7. The van der Waals surface area contributed by atoms with E-state index in [0.29, 0.717) is 23.2 Å². The molecule has 0 bridgehead atoms. The van der Waals surface area contributed by atoms with Gasteiger partial charge in [0, 0.05) is 16.8 Å². The third kappa shape index (κ3) is 4.65. The molecular formula is C14H21ClN2O2S. The number of nitrogens with one attached hydrogen (secondary N) is 2. The minimum absolute atomic E-state index is 0.135. The summed E-state index contributed by atoms with van der Waals surface area (Å²) in [5, 5.41) is 3.93. The van der Waals surface area contributed by atoms with Crippen molar-refractivity contribution < 1.29 is 8.42 Å². The van der Waals surface area contributed by atoms with Crippen LogP contribution in [0.25, 0.3) is 0 Å². The summed E-state index contributed by atoms with van der Waals surface area (Å²) in [4.78, 5) is 0. The second kappa shape index (κ2) is 6.78. The van der Waals surface area contributed by atoms with Gasteiger partial charge in [0.15, 0.2) is 0 Å². The number of halogens is 1. The zero-order valence-electron chi connectivity index (χ0n) is 11.7. The topological polar surface area (TPSA) is 58.2 Å². The summed E-state index contributed by atoms with van der Waals surface area (Å²) in [6, 6.07) is 5.51. The van der Waals surface area contributed by atoms with Crippen LogP contribution in [0, 0.1) is 6.92 Å². The molecule has 1 aromatic carbocycles. The molecule has 1 heterocycles. The quantitative estimate of drug-likeness (QED) is 0.878. The SMILES string of the molecule is Cc1ccc(NS(=O)(=O)CCC2CCCCN2)cc1Cl. The normalized spacial score (nSPS) is 19.8. The largest absolute Gasteiger partial charge is 0.314 e. The van der Waals surface area contributed by atoms with Gasteiger partial charge in [-0.05, 0) is 50.4 Å². The van der Waals surface area contributed by atoms with Crippen molar-refractivity contribution in [2.75, 3.05) is 17.0 Å². The van der Waals surface area contributed by atoms with Crippen LogP contribution in [0.5, 0.6) is 0 Å². The van der Waals surface area contributed by atoms with Crippen LogP contribution in [0.3, 0.4) is 0 Å². The first kappa shape index (κ1) is 15.6. The van der Waals surface area contributed by atoms with Crippen LogP contribution in [0.15, 0.2) is 18.2 Å². The van der Waals surface area contributed by atoms with Gasteiger partial charge in [-0.3, -0.25) is 4.72 Å². The molecule has 1 atom stereocenters. The number of hydrogen-bond donors (Lipinski definition) is 2. The molecule has 0 aliphatic carbocycles. The van der Waals surface area contributed by atoms with Gasteiger partial charge in [0.2, 0.25) is 10.0 Å². The van der Waals surface area contributed by atoms with Gasteiger partial charge >= 0.3 is 0 Å². The lowest BCUT2D eigenvalue weighted by Crippen LogP contribution is -2.36. The molecule has 2 N–H and O–H groups in total. The van der Waals surface area contributed by atoms with Crippen molar-refractivity contribution in [1.82, 2.24) is 5.32 Å². The summed E-state index contributed by atoms with van der Waals surface area (Å²) >= 11 is 6.00. The Kier molecular flexibility index (Phi) is 5.29. The van der Waals surface area contributed by atoms with Crippen molar-refractivity contribution in [2.24, 2.45) is 0 Å². The van der Waals surface area contributed by atoms with E-state index >= 15 is 0 Å². The van der Waals surface area contributed by atoms with Crippen molar-refractivity contribution in [1.29, 1.82) is 0 Å². The zero-order valence-corrected chi connectivity index (χ0v) is 13.2. The Bertz CT molecular complexity index is 554. The standard InChI is InChI=1S/C14H21ClN2O2S/c1-11-5-6-13(10-14(11)15)17-20(18,19)9-7-12-4-2-3-8-16-12/h5-6,10,12,16-17H,2-4,7-9H2,1H3.